The van der Waals surface area contributed by atoms with Crippen LogP contribution < -0.4 is 5.32 Å². The Labute approximate surface area is 98.4 Å². The molecule has 1 aromatic carbocycles. The standard InChI is InChI=1S/C11H14FNO2S/c1-15-7-6-13-11(14)8-16-10-4-2-9(12)3-5-10/h2-5H,6-8H2,1H3,(H,13,14). The topological polar surface area (TPSA) is 38.3 Å². The Morgan fingerprint density at radius 2 is 2.12 bits per heavy atom. The molecule has 0 radical (unpaired) electrons. The quantitative estimate of drug-likeness (QED) is 0.610. The van der Waals surface area contributed by atoms with Crippen molar-refractivity contribution in [3.05, 3.63) is 30.1 Å². The summed E-state index contributed by atoms with van der Waals surface area (Å²) in [4.78, 5) is 12.2. The third-order valence-corrected chi connectivity index (χ3v) is 2.82. The molecule has 0 aliphatic rings. The van der Waals surface area contributed by atoms with E-state index in [0.717, 1.165) is 4.90 Å². The number of nitrogens with one attached hydrogen (secondary N) is 1. The van der Waals surface area contributed by atoms with Crippen LogP contribution in [-0.2, 0) is 9.53 Å². The molecule has 16 heavy (non-hydrogen) atoms. The molecule has 0 unspecified atom stereocenters. The van der Waals surface area contributed by atoms with Crippen molar-refractivity contribution in [2.45, 2.75) is 4.90 Å². The highest BCUT2D eigenvalue weighted by Crippen LogP contribution is 2.17. The maximum Gasteiger partial charge on any atom is 0.230 e. The van der Waals surface area contributed by atoms with Crippen LogP contribution in [0.1, 0.15) is 0 Å². The molecular weight excluding hydrogens is 229 g/mol. The highest BCUT2D eigenvalue weighted by molar-refractivity contribution is 8.00. The summed E-state index contributed by atoms with van der Waals surface area (Å²) >= 11 is 1.38. The fraction of sp³-hybridized carbons (Fsp3) is 0.364. The summed E-state index contributed by atoms with van der Waals surface area (Å²) in [6, 6.07) is 6.07. The fourth-order valence-electron chi connectivity index (χ4n) is 1.02. The Morgan fingerprint density at radius 3 is 2.75 bits per heavy atom. The van der Waals surface area contributed by atoms with Gasteiger partial charge in [0, 0.05) is 18.6 Å². The van der Waals surface area contributed by atoms with Gasteiger partial charge in [0.05, 0.1) is 12.4 Å². The number of thioether (sulfide) groups is 1. The van der Waals surface area contributed by atoms with E-state index in [9.17, 15) is 9.18 Å². The van der Waals surface area contributed by atoms with Gasteiger partial charge in [-0.1, -0.05) is 0 Å². The first-order chi connectivity index (χ1) is 7.72. The van der Waals surface area contributed by atoms with E-state index in [2.05, 4.69) is 5.32 Å². The average Bonchev–Trinajstić information content (AvgIpc) is 2.29. The van der Waals surface area contributed by atoms with E-state index >= 15 is 0 Å². The molecule has 0 heterocycles. The molecule has 1 aromatic rings. The number of carbonyl (C=O) groups excluding carboxylic acids is 1. The summed E-state index contributed by atoms with van der Waals surface area (Å²) in [7, 11) is 1.58. The highest BCUT2D eigenvalue weighted by Gasteiger charge is 2.02. The summed E-state index contributed by atoms with van der Waals surface area (Å²) in [5.41, 5.74) is 0. The highest BCUT2D eigenvalue weighted by atomic mass is 32.2. The van der Waals surface area contributed by atoms with Crippen molar-refractivity contribution in [1.82, 2.24) is 5.32 Å². The molecule has 3 nitrogen and oxygen atoms in total. The van der Waals surface area contributed by atoms with Gasteiger partial charge in [-0.05, 0) is 24.3 Å². The number of hydrogen-bond donors (Lipinski definition) is 1. The Balaban J connectivity index is 2.23. The van der Waals surface area contributed by atoms with E-state index in [1.54, 1.807) is 19.2 Å². The molecule has 1 rings (SSSR count). The molecule has 1 amide bonds. The van der Waals surface area contributed by atoms with Crippen LogP contribution in [0.15, 0.2) is 29.2 Å². The molecule has 0 aliphatic carbocycles. The normalized spacial score (nSPS) is 10.1. The summed E-state index contributed by atoms with van der Waals surface area (Å²) in [6.45, 7) is 1.02. The molecule has 1 N–H and O–H groups in total. The number of halogens is 1. The lowest BCUT2D eigenvalue weighted by Crippen LogP contribution is -2.28. The molecule has 88 valence electrons. The van der Waals surface area contributed by atoms with E-state index in [1.165, 1.54) is 23.9 Å². The molecule has 0 aliphatic heterocycles. The first kappa shape index (κ1) is 13.0. The van der Waals surface area contributed by atoms with Gasteiger partial charge in [-0.3, -0.25) is 4.79 Å². The zero-order valence-electron chi connectivity index (χ0n) is 9.03. The van der Waals surface area contributed by atoms with E-state index in [1.807, 2.05) is 0 Å². The zero-order chi connectivity index (χ0) is 11.8. The average molecular weight is 243 g/mol. The van der Waals surface area contributed by atoms with Gasteiger partial charge in [-0.15, -0.1) is 11.8 Å². The maximum absolute atomic E-state index is 12.6. The molecule has 0 atom stereocenters. The second-order valence-corrected chi connectivity index (χ2v) is 4.13. The van der Waals surface area contributed by atoms with Crippen LogP contribution in [0.4, 0.5) is 4.39 Å². The maximum atomic E-state index is 12.6. The van der Waals surface area contributed by atoms with Crippen molar-refractivity contribution in [2.75, 3.05) is 26.0 Å². The molecule has 0 bridgehead atoms. The monoisotopic (exact) mass is 243 g/mol. The number of hydrogen-bond acceptors (Lipinski definition) is 3. The number of amides is 1. The number of rotatable bonds is 6. The van der Waals surface area contributed by atoms with Crippen molar-refractivity contribution < 1.29 is 13.9 Å². The first-order valence-electron chi connectivity index (χ1n) is 4.86. The number of benzene rings is 1. The number of ether oxygens (including phenoxy) is 1. The minimum Gasteiger partial charge on any atom is -0.383 e. The summed E-state index contributed by atoms with van der Waals surface area (Å²) in [6.07, 6.45) is 0. The van der Waals surface area contributed by atoms with Gasteiger partial charge in [0.15, 0.2) is 0 Å². The second-order valence-electron chi connectivity index (χ2n) is 3.09. The Hall–Kier alpha value is -1.07. The Bertz CT molecular complexity index is 329. The van der Waals surface area contributed by atoms with Gasteiger partial charge in [0.1, 0.15) is 5.82 Å². The molecule has 5 heteroatoms. The van der Waals surface area contributed by atoms with E-state index < -0.39 is 0 Å². The van der Waals surface area contributed by atoms with Crippen molar-refractivity contribution in [2.24, 2.45) is 0 Å². The predicted octanol–water partition coefficient (Wildman–Crippen LogP) is 1.68. The minimum absolute atomic E-state index is 0.0497. The molecule has 0 spiro atoms. The Kier molecular flexibility index (Phi) is 5.88. The number of methoxy groups -OCH3 is 1. The molecule has 0 saturated carbocycles. The van der Waals surface area contributed by atoms with Gasteiger partial charge in [0.25, 0.3) is 0 Å². The van der Waals surface area contributed by atoms with E-state index in [4.69, 9.17) is 4.74 Å². The number of carbonyl (C=O) groups is 1. The lowest BCUT2D eigenvalue weighted by molar-refractivity contribution is -0.118. The van der Waals surface area contributed by atoms with E-state index in [0.29, 0.717) is 18.9 Å². The Morgan fingerprint density at radius 1 is 1.44 bits per heavy atom. The second kappa shape index (κ2) is 7.24. The lowest BCUT2D eigenvalue weighted by Gasteiger charge is -2.04. The first-order valence-corrected chi connectivity index (χ1v) is 5.85. The summed E-state index contributed by atoms with van der Waals surface area (Å²) in [5.74, 6) is 0.00952. The molecule has 0 aromatic heterocycles. The van der Waals surface area contributed by atoms with Crippen LogP contribution in [0, 0.1) is 5.82 Å². The van der Waals surface area contributed by atoms with Crippen molar-refractivity contribution in [1.29, 1.82) is 0 Å². The van der Waals surface area contributed by atoms with Crippen LogP contribution in [0.5, 0.6) is 0 Å². The lowest BCUT2D eigenvalue weighted by atomic mass is 10.4. The third-order valence-electron chi connectivity index (χ3n) is 1.81. The van der Waals surface area contributed by atoms with Crippen molar-refractivity contribution >= 4 is 17.7 Å². The SMILES string of the molecule is COCCNC(=O)CSc1ccc(F)cc1. The molecule has 0 fully saturated rings. The predicted molar refractivity (Wildman–Crippen MR) is 62.0 cm³/mol. The van der Waals surface area contributed by atoms with Gasteiger partial charge in [-0.25, -0.2) is 4.39 Å². The van der Waals surface area contributed by atoms with Crippen molar-refractivity contribution in [3.63, 3.8) is 0 Å². The van der Waals surface area contributed by atoms with Crippen LogP contribution in [0.25, 0.3) is 0 Å². The van der Waals surface area contributed by atoms with Gasteiger partial charge < -0.3 is 10.1 Å². The van der Waals surface area contributed by atoms with E-state index in [-0.39, 0.29) is 11.7 Å². The zero-order valence-corrected chi connectivity index (χ0v) is 9.85. The van der Waals surface area contributed by atoms with Crippen LogP contribution in [0.3, 0.4) is 0 Å². The van der Waals surface area contributed by atoms with Crippen LogP contribution >= 0.6 is 11.8 Å². The minimum atomic E-state index is -0.270. The smallest absolute Gasteiger partial charge is 0.230 e. The van der Waals surface area contributed by atoms with Crippen LogP contribution in [-0.4, -0.2) is 31.9 Å². The molecule has 0 saturated heterocycles. The van der Waals surface area contributed by atoms with Gasteiger partial charge >= 0.3 is 0 Å². The van der Waals surface area contributed by atoms with Crippen molar-refractivity contribution in [3.8, 4) is 0 Å². The summed E-state index contributed by atoms with van der Waals surface area (Å²) in [5, 5.41) is 2.71. The van der Waals surface area contributed by atoms with Crippen LogP contribution in [0.2, 0.25) is 0 Å². The van der Waals surface area contributed by atoms with Gasteiger partial charge in [0.2, 0.25) is 5.91 Å². The summed E-state index contributed by atoms with van der Waals surface area (Å²) < 4.78 is 17.4. The third kappa shape index (κ3) is 5.14. The fourth-order valence-corrected chi connectivity index (χ4v) is 1.75. The largest absolute Gasteiger partial charge is 0.383 e. The molecular formula is C11H14FNO2S. The van der Waals surface area contributed by atoms with Gasteiger partial charge in [-0.2, -0.15) is 0 Å².